The van der Waals surface area contributed by atoms with Gasteiger partial charge in [-0.3, -0.25) is 0 Å². The third-order valence-corrected chi connectivity index (χ3v) is 4.69. The molecule has 3 aliphatic rings. The molecule has 1 aliphatic carbocycles. The molecule has 0 amide bonds. The molecular formula is C21H24N3O+. The second kappa shape index (κ2) is 5.45. The van der Waals surface area contributed by atoms with Crippen LogP contribution in [0.15, 0.2) is 34.8 Å². The van der Waals surface area contributed by atoms with E-state index in [2.05, 4.69) is 69.2 Å². The smallest absolute Gasteiger partial charge is 0.205 e. The summed E-state index contributed by atoms with van der Waals surface area (Å²) in [7, 11) is 0. The van der Waals surface area contributed by atoms with E-state index in [1.165, 1.54) is 16.7 Å². The minimum atomic E-state index is -0.0651. The Morgan fingerprint density at radius 3 is 2.72 bits per heavy atom. The maximum atomic E-state index is 6.20. The van der Waals surface area contributed by atoms with Gasteiger partial charge in [-0.15, -0.1) is 0 Å². The maximum Gasteiger partial charge on any atom is 0.205 e. The summed E-state index contributed by atoms with van der Waals surface area (Å²) < 4.78 is 6.20. The van der Waals surface area contributed by atoms with Crippen LogP contribution in [0.1, 0.15) is 38.8 Å². The molecule has 0 unspecified atom stereocenters. The largest absolute Gasteiger partial charge is 0.452 e. The summed E-state index contributed by atoms with van der Waals surface area (Å²) in [5.74, 6) is 0.802. The number of rotatable bonds is 1. The summed E-state index contributed by atoms with van der Waals surface area (Å²) in [6, 6.07) is 8.32. The van der Waals surface area contributed by atoms with Crippen molar-refractivity contribution in [3.8, 4) is 11.5 Å². The second-order valence-electron chi connectivity index (χ2n) is 7.42. The fourth-order valence-corrected chi connectivity index (χ4v) is 3.64. The van der Waals surface area contributed by atoms with E-state index in [1.54, 1.807) is 0 Å². The van der Waals surface area contributed by atoms with Crippen LogP contribution in [0.25, 0.3) is 28.1 Å². The van der Waals surface area contributed by atoms with Gasteiger partial charge >= 0.3 is 0 Å². The summed E-state index contributed by atoms with van der Waals surface area (Å²) in [5.41, 5.74) is 7.24. The van der Waals surface area contributed by atoms with Crippen LogP contribution >= 0.6 is 0 Å². The molecule has 2 aliphatic heterocycles. The number of anilines is 1. The van der Waals surface area contributed by atoms with Crippen molar-refractivity contribution in [2.24, 2.45) is 0 Å². The quantitative estimate of drug-likeness (QED) is 0.673. The van der Waals surface area contributed by atoms with Crippen LogP contribution in [0.3, 0.4) is 0 Å². The average molecular weight is 334 g/mol. The number of aryl methyl sites for hydroxylation is 1. The van der Waals surface area contributed by atoms with Crippen molar-refractivity contribution in [1.29, 1.82) is 0 Å². The van der Waals surface area contributed by atoms with Crippen LogP contribution in [0.4, 0.5) is 5.69 Å². The molecule has 4 heteroatoms. The van der Waals surface area contributed by atoms with Crippen molar-refractivity contribution < 1.29 is 9.41 Å². The third kappa shape index (κ3) is 2.72. The van der Waals surface area contributed by atoms with Crippen LogP contribution < -0.4 is 15.7 Å². The van der Waals surface area contributed by atoms with Crippen molar-refractivity contribution in [2.45, 2.75) is 40.2 Å². The minimum Gasteiger partial charge on any atom is -0.452 e. The minimum absolute atomic E-state index is 0.0651. The molecule has 0 bridgehead atoms. The average Bonchev–Trinajstić information content (AvgIpc) is 2.52. The third-order valence-electron chi connectivity index (χ3n) is 4.69. The van der Waals surface area contributed by atoms with Gasteiger partial charge in [0.15, 0.2) is 11.3 Å². The molecule has 128 valence electrons. The molecule has 4 rings (SSSR count). The maximum absolute atomic E-state index is 6.20. The zero-order valence-electron chi connectivity index (χ0n) is 15.4. The van der Waals surface area contributed by atoms with Crippen molar-refractivity contribution in [3.05, 3.63) is 46.8 Å². The lowest BCUT2D eigenvalue weighted by Gasteiger charge is -2.31. The lowest BCUT2D eigenvalue weighted by Crippen LogP contribution is -2.76. The molecule has 2 heterocycles. The van der Waals surface area contributed by atoms with Gasteiger partial charge in [0.25, 0.3) is 0 Å². The van der Waals surface area contributed by atoms with Gasteiger partial charge in [0.05, 0.1) is 11.6 Å². The number of hydrogen-bond donors (Lipinski definition) is 2. The molecule has 1 aromatic rings. The fourth-order valence-electron chi connectivity index (χ4n) is 3.64. The molecule has 0 fully saturated rings. The van der Waals surface area contributed by atoms with Crippen molar-refractivity contribution in [1.82, 2.24) is 4.98 Å². The number of nitrogens with one attached hydrogen (secondary N) is 2. The molecule has 1 aromatic carbocycles. The molecule has 25 heavy (non-hydrogen) atoms. The number of nitrogens with zero attached hydrogens (tertiary/aromatic N) is 1. The van der Waals surface area contributed by atoms with E-state index in [1.807, 2.05) is 6.07 Å². The molecule has 4 nitrogen and oxygen atoms in total. The van der Waals surface area contributed by atoms with E-state index in [0.29, 0.717) is 0 Å². The number of aromatic nitrogens is 1. The Bertz CT molecular complexity index is 1060. The predicted molar refractivity (Wildman–Crippen MR) is 101 cm³/mol. The van der Waals surface area contributed by atoms with E-state index in [9.17, 15) is 0 Å². The summed E-state index contributed by atoms with van der Waals surface area (Å²) in [4.78, 5) is 8.22. The first kappa shape index (κ1) is 15.9. The fraction of sp³-hybridized carbons (Fsp3) is 0.333. The van der Waals surface area contributed by atoms with Gasteiger partial charge in [-0.1, -0.05) is 6.08 Å². The first-order valence-electron chi connectivity index (χ1n) is 8.80. The van der Waals surface area contributed by atoms with Gasteiger partial charge in [0.1, 0.15) is 17.8 Å². The van der Waals surface area contributed by atoms with E-state index < -0.39 is 0 Å². The zero-order chi connectivity index (χ0) is 17.8. The van der Waals surface area contributed by atoms with Gasteiger partial charge in [0.2, 0.25) is 5.36 Å². The SMILES string of the molecule is CC[NH+]=c1cc2oc3cc4c(cc3nc-2cc1C)C(C)=CC(C)(C)N4. The van der Waals surface area contributed by atoms with E-state index in [4.69, 9.17) is 9.40 Å². The predicted octanol–water partition coefficient (Wildman–Crippen LogP) is 2.85. The molecule has 0 spiro atoms. The van der Waals surface area contributed by atoms with Gasteiger partial charge in [-0.05, 0) is 52.3 Å². The molecule has 0 aromatic heterocycles. The number of allylic oxidation sites excluding steroid dienone is 1. The number of hydrogen-bond acceptors (Lipinski definition) is 3. The van der Waals surface area contributed by atoms with Crippen LogP contribution in [-0.2, 0) is 0 Å². The molecule has 0 saturated carbocycles. The second-order valence-corrected chi connectivity index (χ2v) is 7.42. The number of fused-ring (bicyclic) bond motifs is 3. The standard InChI is InChI=1S/C21H23N3O/c1-6-22-15-9-19-17(7-12(15)2)23-18-8-14-13(3)11-21(4,5)24-16(14)10-20(18)25-19/h7-11,24H,6H2,1-5H3/p+1. The molecule has 2 N–H and O–H groups in total. The normalized spacial score (nSPS) is 16.7. The first-order valence-corrected chi connectivity index (χ1v) is 8.80. The summed E-state index contributed by atoms with van der Waals surface area (Å²) in [5, 5.41) is 4.66. The Balaban J connectivity index is 1.99. The molecule has 0 atom stereocenters. The molecule has 0 saturated heterocycles. The van der Waals surface area contributed by atoms with Crippen molar-refractivity contribution in [3.63, 3.8) is 0 Å². The lowest BCUT2D eigenvalue weighted by atomic mass is 9.91. The van der Waals surface area contributed by atoms with Crippen LogP contribution in [0.5, 0.6) is 0 Å². The van der Waals surface area contributed by atoms with Crippen LogP contribution in [0, 0.1) is 6.92 Å². The Morgan fingerprint density at radius 1 is 1.16 bits per heavy atom. The summed E-state index contributed by atoms with van der Waals surface area (Å²) >= 11 is 0. The van der Waals surface area contributed by atoms with Gasteiger partial charge in [-0.25, -0.2) is 9.98 Å². The van der Waals surface area contributed by atoms with Crippen molar-refractivity contribution >= 4 is 22.4 Å². The highest BCUT2D eigenvalue weighted by atomic mass is 16.3. The Morgan fingerprint density at radius 2 is 1.96 bits per heavy atom. The van der Waals surface area contributed by atoms with Gasteiger partial charge in [-0.2, -0.15) is 0 Å². The van der Waals surface area contributed by atoms with Gasteiger partial charge in [0, 0.05) is 22.9 Å². The van der Waals surface area contributed by atoms with E-state index in [0.717, 1.165) is 40.1 Å². The van der Waals surface area contributed by atoms with Gasteiger partial charge < -0.3 is 9.73 Å². The summed E-state index contributed by atoms with van der Waals surface area (Å²) in [6.45, 7) is 11.6. The Labute approximate surface area is 147 Å². The topological polar surface area (TPSA) is 52.0 Å². The molecular weight excluding hydrogens is 310 g/mol. The highest BCUT2D eigenvalue weighted by molar-refractivity contribution is 5.90. The van der Waals surface area contributed by atoms with Crippen molar-refractivity contribution in [2.75, 3.05) is 11.9 Å². The molecule has 0 radical (unpaired) electrons. The van der Waals surface area contributed by atoms with Crippen LogP contribution in [0.2, 0.25) is 0 Å². The Hall–Kier alpha value is -2.62. The zero-order valence-corrected chi connectivity index (χ0v) is 15.4. The van der Waals surface area contributed by atoms with Crippen LogP contribution in [-0.4, -0.2) is 17.1 Å². The van der Waals surface area contributed by atoms with E-state index >= 15 is 0 Å². The lowest BCUT2D eigenvalue weighted by molar-refractivity contribution is -0.496. The monoisotopic (exact) mass is 334 g/mol. The number of benzene rings is 2. The summed E-state index contributed by atoms with van der Waals surface area (Å²) in [6.07, 6.45) is 2.26. The highest BCUT2D eigenvalue weighted by Crippen LogP contribution is 2.37. The first-order chi connectivity index (χ1) is 11.9. The Kier molecular flexibility index (Phi) is 3.46. The highest BCUT2D eigenvalue weighted by Gasteiger charge is 2.24. The van der Waals surface area contributed by atoms with E-state index in [-0.39, 0.29) is 5.54 Å².